The zero-order chi connectivity index (χ0) is 13.7. The Bertz CT molecular complexity index is 430. The van der Waals surface area contributed by atoms with E-state index in [1.54, 1.807) is 0 Å². The van der Waals surface area contributed by atoms with Crippen LogP contribution in [0, 0.1) is 8.80 Å². The number of nitrogens with one attached hydrogen (secondary N) is 1. The van der Waals surface area contributed by atoms with Crippen molar-refractivity contribution in [3.8, 4) is 0 Å². The van der Waals surface area contributed by atoms with E-state index >= 15 is 0 Å². The summed E-state index contributed by atoms with van der Waals surface area (Å²) in [7, 11) is 1.88. The molecule has 0 aliphatic carbocycles. The average molecular weight is 391 g/mol. The van der Waals surface area contributed by atoms with Crippen LogP contribution in [0.15, 0.2) is 17.1 Å². The lowest BCUT2D eigenvalue weighted by molar-refractivity contribution is 0.266. The van der Waals surface area contributed by atoms with Crippen LogP contribution in [-0.4, -0.2) is 37.5 Å². The number of nitrogens with zero attached hydrogens (tertiary/aromatic N) is 2. The Morgan fingerprint density at radius 3 is 3.05 bits per heavy atom. The number of rotatable bonds is 3. The Morgan fingerprint density at radius 1 is 1.58 bits per heavy atom. The van der Waals surface area contributed by atoms with Crippen molar-refractivity contribution in [2.24, 2.45) is 10.9 Å². The molecule has 1 fully saturated rings. The van der Waals surface area contributed by atoms with Crippen molar-refractivity contribution in [1.82, 2.24) is 10.2 Å². The fraction of sp³-hybridized carbons (Fsp3) is 0.643. The Labute approximate surface area is 133 Å². The van der Waals surface area contributed by atoms with Crippen LogP contribution in [0.5, 0.6) is 0 Å². The zero-order valence-corrected chi connectivity index (χ0v) is 14.6. The molecule has 1 aromatic heterocycles. The van der Waals surface area contributed by atoms with Gasteiger partial charge >= 0.3 is 0 Å². The van der Waals surface area contributed by atoms with Crippen LogP contribution in [0.1, 0.15) is 24.6 Å². The summed E-state index contributed by atoms with van der Waals surface area (Å²) >= 11 is 4.25. The van der Waals surface area contributed by atoms with Crippen LogP contribution in [0.25, 0.3) is 0 Å². The topological polar surface area (TPSA) is 27.6 Å². The first-order valence-electron chi connectivity index (χ1n) is 6.89. The fourth-order valence-electron chi connectivity index (χ4n) is 2.50. The normalized spacial score (nSPS) is 20.7. The van der Waals surface area contributed by atoms with Gasteiger partial charge in [0.15, 0.2) is 5.96 Å². The summed E-state index contributed by atoms with van der Waals surface area (Å²) in [6, 6.07) is 4.40. The van der Waals surface area contributed by atoms with Crippen LogP contribution < -0.4 is 5.32 Å². The number of hydrogen-bond donors (Lipinski definition) is 1. The summed E-state index contributed by atoms with van der Waals surface area (Å²) in [5.41, 5.74) is 0. The van der Waals surface area contributed by atoms with Crippen molar-refractivity contribution >= 4 is 39.9 Å². The van der Waals surface area contributed by atoms with Crippen LogP contribution in [0.3, 0.4) is 0 Å². The van der Waals surface area contributed by atoms with Crippen molar-refractivity contribution in [3.05, 3.63) is 19.9 Å². The number of halogens is 1. The SMILES string of the molecule is CN=C(NCCc1ccc(I)s1)N1CCCC(C)C1. The van der Waals surface area contributed by atoms with Crippen molar-refractivity contribution in [1.29, 1.82) is 0 Å². The molecule has 1 aliphatic rings. The standard InChI is InChI=1S/C14H22IN3S/c1-11-4-3-9-18(10-11)14(16-2)17-8-7-12-5-6-13(15)19-12/h5-6,11H,3-4,7-10H2,1-2H3,(H,16,17). The van der Waals surface area contributed by atoms with E-state index in [2.05, 4.69) is 56.9 Å². The number of aliphatic imine (C=N–C) groups is 1. The van der Waals surface area contributed by atoms with Gasteiger partial charge in [-0.05, 0) is 59.9 Å². The lowest BCUT2D eigenvalue weighted by atomic mass is 10.0. The quantitative estimate of drug-likeness (QED) is 0.487. The van der Waals surface area contributed by atoms with Gasteiger partial charge in [-0.3, -0.25) is 4.99 Å². The number of piperidine rings is 1. The largest absolute Gasteiger partial charge is 0.356 e. The summed E-state index contributed by atoms with van der Waals surface area (Å²) in [5, 5.41) is 3.50. The van der Waals surface area contributed by atoms with Gasteiger partial charge in [-0.15, -0.1) is 11.3 Å². The fourth-order valence-corrected chi connectivity index (χ4v) is 4.25. The molecule has 2 heterocycles. The molecule has 3 nitrogen and oxygen atoms in total. The highest BCUT2D eigenvalue weighted by Gasteiger charge is 2.18. The molecule has 2 rings (SSSR count). The summed E-state index contributed by atoms with van der Waals surface area (Å²) in [6.07, 6.45) is 3.71. The molecule has 1 atom stereocenters. The van der Waals surface area contributed by atoms with Gasteiger partial charge in [0, 0.05) is 31.6 Å². The van der Waals surface area contributed by atoms with E-state index in [0.717, 1.165) is 37.9 Å². The van der Waals surface area contributed by atoms with Gasteiger partial charge in [0.05, 0.1) is 2.88 Å². The molecule has 1 aromatic rings. The van der Waals surface area contributed by atoms with Crippen molar-refractivity contribution in [2.75, 3.05) is 26.7 Å². The number of guanidine groups is 1. The van der Waals surface area contributed by atoms with E-state index in [9.17, 15) is 0 Å². The van der Waals surface area contributed by atoms with E-state index < -0.39 is 0 Å². The first kappa shape index (κ1) is 15.1. The summed E-state index contributed by atoms with van der Waals surface area (Å²) in [5.74, 6) is 1.85. The molecule has 0 spiro atoms. The van der Waals surface area contributed by atoms with E-state index in [-0.39, 0.29) is 0 Å². The van der Waals surface area contributed by atoms with Crippen molar-refractivity contribution < 1.29 is 0 Å². The molecule has 1 N–H and O–H groups in total. The molecule has 0 bridgehead atoms. The molecule has 0 radical (unpaired) electrons. The Morgan fingerprint density at radius 2 is 2.42 bits per heavy atom. The van der Waals surface area contributed by atoms with E-state index in [1.165, 1.54) is 20.6 Å². The molecule has 106 valence electrons. The van der Waals surface area contributed by atoms with Gasteiger partial charge < -0.3 is 10.2 Å². The third-order valence-electron chi connectivity index (χ3n) is 3.45. The smallest absolute Gasteiger partial charge is 0.193 e. The van der Waals surface area contributed by atoms with Crippen LogP contribution in [0.2, 0.25) is 0 Å². The molecule has 1 aliphatic heterocycles. The lowest BCUT2D eigenvalue weighted by Crippen LogP contribution is -2.46. The molecule has 1 unspecified atom stereocenters. The van der Waals surface area contributed by atoms with Crippen LogP contribution >= 0.6 is 33.9 Å². The van der Waals surface area contributed by atoms with E-state index in [4.69, 9.17) is 0 Å². The third kappa shape index (κ3) is 4.63. The summed E-state index contributed by atoms with van der Waals surface area (Å²) in [6.45, 7) is 5.57. The second-order valence-electron chi connectivity index (χ2n) is 5.12. The monoisotopic (exact) mass is 391 g/mol. The predicted octanol–water partition coefficient (Wildman–Crippen LogP) is 3.20. The van der Waals surface area contributed by atoms with Gasteiger partial charge in [0.25, 0.3) is 0 Å². The first-order valence-corrected chi connectivity index (χ1v) is 8.78. The average Bonchev–Trinajstić information content (AvgIpc) is 2.80. The predicted molar refractivity (Wildman–Crippen MR) is 92.1 cm³/mol. The van der Waals surface area contributed by atoms with Crippen LogP contribution in [-0.2, 0) is 6.42 Å². The minimum Gasteiger partial charge on any atom is -0.356 e. The Hall–Kier alpha value is -0.300. The maximum atomic E-state index is 4.42. The highest BCUT2D eigenvalue weighted by Crippen LogP contribution is 2.18. The van der Waals surface area contributed by atoms with Crippen molar-refractivity contribution in [3.63, 3.8) is 0 Å². The first-order chi connectivity index (χ1) is 9.19. The molecule has 1 saturated heterocycles. The third-order valence-corrected chi connectivity index (χ3v) is 5.41. The number of hydrogen-bond acceptors (Lipinski definition) is 2. The second kappa shape index (κ2) is 7.47. The highest BCUT2D eigenvalue weighted by atomic mass is 127. The van der Waals surface area contributed by atoms with Crippen LogP contribution in [0.4, 0.5) is 0 Å². The number of likely N-dealkylation sites (tertiary alicyclic amines) is 1. The molecule has 5 heteroatoms. The molecule has 19 heavy (non-hydrogen) atoms. The highest BCUT2D eigenvalue weighted by molar-refractivity contribution is 14.1. The van der Waals surface area contributed by atoms with Gasteiger partial charge in [-0.2, -0.15) is 0 Å². The lowest BCUT2D eigenvalue weighted by Gasteiger charge is -2.33. The maximum absolute atomic E-state index is 4.42. The summed E-state index contributed by atoms with van der Waals surface area (Å²) in [4.78, 5) is 8.25. The molecule has 0 saturated carbocycles. The van der Waals surface area contributed by atoms with Gasteiger partial charge in [0.1, 0.15) is 0 Å². The maximum Gasteiger partial charge on any atom is 0.193 e. The molecule has 0 amide bonds. The van der Waals surface area contributed by atoms with Crippen molar-refractivity contribution in [2.45, 2.75) is 26.2 Å². The minimum absolute atomic E-state index is 0.783. The number of thiophene rings is 1. The molecular weight excluding hydrogens is 369 g/mol. The molecule has 0 aromatic carbocycles. The minimum atomic E-state index is 0.783. The van der Waals surface area contributed by atoms with E-state index in [1.807, 2.05) is 18.4 Å². The van der Waals surface area contributed by atoms with Gasteiger partial charge in [-0.1, -0.05) is 6.92 Å². The van der Waals surface area contributed by atoms with Gasteiger partial charge in [-0.25, -0.2) is 0 Å². The summed E-state index contributed by atoms with van der Waals surface area (Å²) < 4.78 is 1.36. The zero-order valence-electron chi connectivity index (χ0n) is 11.7. The Kier molecular flexibility index (Phi) is 5.94. The van der Waals surface area contributed by atoms with Gasteiger partial charge in [0.2, 0.25) is 0 Å². The Balaban J connectivity index is 1.79. The van der Waals surface area contributed by atoms with E-state index in [0.29, 0.717) is 0 Å². The molecular formula is C14H22IN3S. The second-order valence-corrected chi connectivity index (χ2v) is 8.19.